The number of likely N-dealkylation sites (N-methyl/N-ethyl adjacent to an activating group) is 1. The summed E-state index contributed by atoms with van der Waals surface area (Å²) in [6.45, 7) is 4.75. The number of likely N-dealkylation sites (tertiary alicyclic amines) is 1. The van der Waals surface area contributed by atoms with Crippen LogP contribution in [0.15, 0.2) is 0 Å². The Morgan fingerprint density at radius 1 is 1.27 bits per heavy atom. The van der Waals surface area contributed by atoms with E-state index in [-0.39, 0.29) is 0 Å². The van der Waals surface area contributed by atoms with Crippen LogP contribution in [-0.4, -0.2) is 55.1 Å². The second-order valence-corrected chi connectivity index (χ2v) is 5.27. The summed E-state index contributed by atoms with van der Waals surface area (Å²) in [5.74, 6) is 0. The molecule has 0 radical (unpaired) electrons. The number of nitrogens with two attached hydrogens (primary N) is 1. The maximum atomic E-state index is 5.90. The van der Waals surface area contributed by atoms with Gasteiger partial charge in [0.25, 0.3) is 0 Å². The van der Waals surface area contributed by atoms with Crippen molar-refractivity contribution in [2.45, 2.75) is 44.2 Å². The van der Waals surface area contributed by atoms with Crippen molar-refractivity contribution in [2.24, 2.45) is 5.73 Å². The zero-order valence-electron chi connectivity index (χ0n) is 9.99. The summed E-state index contributed by atoms with van der Waals surface area (Å²) < 4.78 is 0. The Morgan fingerprint density at radius 2 is 2.00 bits per heavy atom. The number of hydrogen-bond donors (Lipinski definition) is 1. The molecule has 0 aromatic heterocycles. The van der Waals surface area contributed by atoms with E-state index in [1.54, 1.807) is 0 Å². The third kappa shape index (κ3) is 3.16. The highest BCUT2D eigenvalue weighted by Gasteiger charge is 2.22. The highest BCUT2D eigenvalue weighted by molar-refractivity contribution is 4.80. The van der Waals surface area contributed by atoms with Crippen LogP contribution in [0, 0.1) is 0 Å². The van der Waals surface area contributed by atoms with Crippen molar-refractivity contribution in [3.8, 4) is 0 Å². The van der Waals surface area contributed by atoms with Gasteiger partial charge in [-0.3, -0.25) is 0 Å². The third-order valence-electron chi connectivity index (χ3n) is 4.03. The van der Waals surface area contributed by atoms with Gasteiger partial charge in [0.1, 0.15) is 0 Å². The van der Waals surface area contributed by atoms with Gasteiger partial charge >= 0.3 is 0 Å². The highest BCUT2D eigenvalue weighted by Crippen LogP contribution is 2.22. The van der Waals surface area contributed by atoms with E-state index in [0.29, 0.717) is 6.04 Å². The lowest BCUT2D eigenvalue weighted by Gasteiger charge is -2.26. The fraction of sp³-hybridized carbons (Fsp3) is 1.00. The van der Waals surface area contributed by atoms with Crippen LogP contribution in [0.2, 0.25) is 0 Å². The van der Waals surface area contributed by atoms with Crippen LogP contribution in [0.3, 0.4) is 0 Å². The minimum Gasteiger partial charge on any atom is -0.326 e. The molecule has 2 N–H and O–H groups in total. The molecule has 1 aliphatic carbocycles. The van der Waals surface area contributed by atoms with Crippen LogP contribution in [0.5, 0.6) is 0 Å². The maximum absolute atomic E-state index is 5.90. The Morgan fingerprint density at radius 3 is 2.60 bits per heavy atom. The Bertz CT molecular complexity index is 189. The standard InChI is InChI=1S/C12H25N3/c1-14(12-4-2-3-5-12)8-9-15-7-6-11(13)10-15/h11-12H,2-10,13H2,1H3. The van der Waals surface area contributed by atoms with Crippen LogP contribution >= 0.6 is 0 Å². The Kier molecular flexibility index (Phi) is 4.00. The van der Waals surface area contributed by atoms with Gasteiger partial charge < -0.3 is 15.5 Å². The van der Waals surface area contributed by atoms with Crippen LogP contribution < -0.4 is 5.73 Å². The molecular weight excluding hydrogens is 186 g/mol. The van der Waals surface area contributed by atoms with E-state index >= 15 is 0 Å². The Balaban J connectivity index is 1.64. The summed E-state index contributed by atoms with van der Waals surface area (Å²) in [6.07, 6.45) is 6.88. The lowest BCUT2D eigenvalue weighted by atomic mass is 10.2. The normalized spacial score (nSPS) is 29.4. The molecule has 0 spiro atoms. The summed E-state index contributed by atoms with van der Waals surface area (Å²) in [7, 11) is 2.28. The van der Waals surface area contributed by atoms with Crippen molar-refractivity contribution in [1.82, 2.24) is 9.80 Å². The van der Waals surface area contributed by atoms with Gasteiger partial charge in [0.15, 0.2) is 0 Å². The monoisotopic (exact) mass is 211 g/mol. The molecule has 88 valence electrons. The molecule has 1 saturated carbocycles. The molecule has 1 unspecified atom stereocenters. The van der Waals surface area contributed by atoms with Crippen LogP contribution in [0.4, 0.5) is 0 Å². The number of nitrogens with zero attached hydrogens (tertiary/aromatic N) is 2. The van der Waals surface area contributed by atoms with Crippen molar-refractivity contribution in [3.63, 3.8) is 0 Å². The molecule has 1 heterocycles. The molecule has 15 heavy (non-hydrogen) atoms. The first kappa shape index (κ1) is 11.4. The van der Waals surface area contributed by atoms with E-state index < -0.39 is 0 Å². The van der Waals surface area contributed by atoms with Crippen molar-refractivity contribution >= 4 is 0 Å². The van der Waals surface area contributed by atoms with Crippen molar-refractivity contribution < 1.29 is 0 Å². The predicted octanol–water partition coefficient (Wildman–Crippen LogP) is 0.894. The molecule has 2 fully saturated rings. The average molecular weight is 211 g/mol. The molecule has 3 heteroatoms. The summed E-state index contributed by atoms with van der Waals surface area (Å²) >= 11 is 0. The van der Waals surface area contributed by atoms with Gasteiger partial charge in [-0.05, 0) is 32.9 Å². The van der Waals surface area contributed by atoms with Gasteiger partial charge in [-0.1, -0.05) is 12.8 Å². The lowest BCUT2D eigenvalue weighted by Crippen LogP contribution is -2.37. The zero-order valence-corrected chi connectivity index (χ0v) is 9.99. The lowest BCUT2D eigenvalue weighted by molar-refractivity contribution is 0.206. The molecule has 1 aliphatic heterocycles. The Labute approximate surface area is 93.6 Å². The molecule has 2 rings (SSSR count). The summed E-state index contributed by atoms with van der Waals surface area (Å²) in [6, 6.07) is 1.29. The summed E-state index contributed by atoms with van der Waals surface area (Å²) in [5.41, 5.74) is 5.90. The van der Waals surface area contributed by atoms with E-state index in [0.717, 1.165) is 12.6 Å². The smallest absolute Gasteiger partial charge is 0.0180 e. The second kappa shape index (κ2) is 5.28. The molecule has 0 aromatic carbocycles. The number of rotatable bonds is 4. The first-order chi connectivity index (χ1) is 7.25. The van der Waals surface area contributed by atoms with Crippen molar-refractivity contribution in [1.29, 1.82) is 0 Å². The van der Waals surface area contributed by atoms with Gasteiger partial charge in [0.2, 0.25) is 0 Å². The summed E-state index contributed by atoms with van der Waals surface area (Å²) in [5, 5.41) is 0. The van der Waals surface area contributed by atoms with Crippen LogP contribution in [-0.2, 0) is 0 Å². The fourth-order valence-corrected chi connectivity index (χ4v) is 2.89. The molecular formula is C12H25N3. The highest BCUT2D eigenvalue weighted by atomic mass is 15.2. The van der Waals surface area contributed by atoms with E-state index in [1.807, 2.05) is 0 Å². The molecule has 0 bridgehead atoms. The average Bonchev–Trinajstić information content (AvgIpc) is 2.84. The maximum Gasteiger partial charge on any atom is 0.0180 e. The van der Waals surface area contributed by atoms with Crippen LogP contribution in [0.25, 0.3) is 0 Å². The number of hydrogen-bond acceptors (Lipinski definition) is 3. The molecule has 2 aliphatic rings. The second-order valence-electron chi connectivity index (χ2n) is 5.27. The molecule has 1 atom stereocenters. The SMILES string of the molecule is CN(CCN1CCC(N)C1)C1CCCC1. The van der Waals surface area contributed by atoms with Crippen LogP contribution in [0.1, 0.15) is 32.1 Å². The molecule has 1 saturated heterocycles. The fourth-order valence-electron chi connectivity index (χ4n) is 2.89. The Hall–Kier alpha value is -0.120. The van der Waals surface area contributed by atoms with E-state index in [1.165, 1.54) is 51.7 Å². The minimum atomic E-state index is 0.432. The van der Waals surface area contributed by atoms with E-state index in [2.05, 4.69) is 16.8 Å². The molecule has 0 aromatic rings. The van der Waals surface area contributed by atoms with Gasteiger partial charge in [-0.15, -0.1) is 0 Å². The third-order valence-corrected chi connectivity index (χ3v) is 4.03. The largest absolute Gasteiger partial charge is 0.326 e. The first-order valence-electron chi connectivity index (χ1n) is 6.44. The first-order valence-corrected chi connectivity index (χ1v) is 6.44. The van der Waals surface area contributed by atoms with E-state index in [9.17, 15) is 0 Å². The van der Waals surface area contributed by atoms with Gasteiger partial charge in [-0.2, -0.15) is 0 Å². The zero-order chi connectivity index (χ0) is 10.7. The minimum absolute atomic E-state index is 0.432. The predicted molar refractivity (Wildman–Crippen MR) is 63.9 cm³/mol. The van der Waals surface area contributed by atoms with E-state index in [4.69, 9.17) is 5.73 Å². The van der Waals surface area contributed by atoms with Gasteiger partial charge in [-0.25, -0.2) is 0 Å². The van der Waals surface area contributed by atoms with Gasteiger partial charge in [0.05, 0.1) is 0 Å². The summed E-state index contributed by atoms with van der Waals surface area (Å²) in [4.78, 5) is 5.06. The van der Waals surface area contributed by atoms with Gasteiger partial charge in [0, 0.05) is 31.7 Å². The topological polar surface area (TPSA) is 32.5 Å². The molecule has 3 nitrogen and oxygen atoms in total. The molecule has 0 amide bonds. The quantitative estimate of drug-likeness (QED) is 0.750. The van der Waals surface area contributed by atoms with Crippen molar-refractivity contribution in [3.05, 3.63) is 0 Å². The van der Waals surface area contributed by atoms with Crippen molar-refractivity contribution in [2.75, 3.05) is 33.2 Å².